The average molecular weight is 225 g/mol. The Labute approximate surface area is 93.1 Å². The van der Waals surface area contributed by atoms with Gasteiger partial charge in [0.05, 0.1) is 24.9 Å². The highest BCUT2D eigenvalue weighted by Crippen LogP contribution is 2.21. The summed E-state index contributed by atoms with van der Waals surface area (Å²) in [4.78, 5) is 16.3. The Hall–Kier alpha value is -1.40. The van der Waals surface area contributed by atoms with E-state index in [1.54, 1.807) is 12.5 Å². The number of aliphatic carboxylic acids is 1. The Morgan fingerprint density at radius 3 is 2.94 bits per heavy atom. The van der Waals surface area contributed by atoms with Crippen LogP contribution in [0.3, 0.4) is 0 Å². The average Bonchev–Trinajstić information content (AvgIpc) is 2.83. The normalized spacial score (nSPS) is 26.1. The standard InChI is InChI=1S/C10H15N3O3/c14-9-6-12(3-1-10(15)16)5-8(9)13-4-2-11-7-13/h2,4,7-9,14H,1,3,5-6H2,(H,15,16). The lowest BCUT2D eigenvalue weighted by molar-refractivity contribution is -0.137. The van der Waals surface area contributed by atoms with Crippen molar-refractivity contribution in [3.05, 3.63) is 18.7 Å². The van der Waals surface area contributed by atoms with Gasteiger partial charge in [-0.1, -0.05) is 0 Å². The number of aromatic nitrogens is 2. The molecule has 1 aromatic rings. The van der Waals surface area contributed by atoms with Crippen LogP contribution < -0.4 is 0 Å². The summed E-state index contributed by atoms with van der Waals surface area (Å²) in [5.41, 5.74) is 0. The smallest absolute Gasteiger partial charge is 0.304 e. The molecule has 2 rings (SSSR count). The van der Waals surface area contributed by atoms with Gasteiger partial charge in [-0.2, -0.15) is 0 Å². The number of carboxylic acid groups (broad SMARTS) is 1. The summed E-state index contributed by atoms with van der Waals surface area (Å²) in [6, 6.07) is -0.0173. The van der Waals surface area contributed by atoms with Crippen LogP contribution in [0.1, 0.15) is 12.5 Å². The van der Waals surface area contributed by atoms with Crippen LogP contribution in [0.4, 0.5) is 0 Å². The molecule has 2 unspecified atom stereocenters. The summed E-state index contributed by atoms with van der Waals surface area (Å²) in [7, 11) is 0. The zero-order valence-corrected chi connectivity index (χ0v) is 8.86. The zero-order chi connectivity index (χ0) is 11.5. The van der Waals surface area contributed by atoms with E-state index in [4.69, 9.17) is 5.11 Å². The maximum atomic E-state index is 10.4. The van der Waals surface area contributed by atoms with Crippen molar-refractivity contribution in [2.75, 3.05) is 19.6 Å². The molecule has 0 aromatic carbocycles. The van der Waals surface area contributed by atoms with Gasteiger partial charge in [-0.05, 0) is 0 Å². The number of imidazole rings is 1. The highest BCUT2D eigenvalue weighted by atomic mass is 16.4. The second kappa shape index (κ2) is 4.63. The topological polar surface area (TPSA) is 78.6 Å². The van der Waals surface area contributed by atoms with Crippen LogP contribution in [0.15, 0.2) is 18.7 Å². The van der Waals surface area contributed by atoms with Crippen molar-refractivity contribution in [3.8, 4) is 0 Å². The van der Waals surface area contributed by atoms with E-state index >= 15 is 0 Å². The molecule has 1 aromatic heterocycles. The van der Waals surface area contributed by atoms with Gasteiger partial charge in [0.2, 0.25) is 0 Å². The van der Waals surface area contributed by atoms with Crippen LogP contribution in [-0.2, 0) is 4.79 Å². The molecular weight excluding hydrogens is 210 g/mol. The second-order valence-electron chi connectivity index (χ2n) is 4.05. The molecule has 0 amide bonds. The molecule has 88 valence electrons. The highest BCUT2D eigenvalue weighted by molar-refractivity contribution is 5.66. The molecule has 2 N–H and O–H groups in total. The van der Waals surface area contributed by atoms with Gasteiger partial charge in [-0.15, -0.1) is 0 Å². The van der Waals surface area contributed by atoms with Crippen molar-refractivity contribution in [2.24, 2.45) is 0 Å². The van der Waals surface area contributed by atoms with Crippen LogP contribution >= 0.6 is 0 Å². The quantitative estimate of drug-likeness (QED) is 0.727. The molecule has 2 atom stereocenters. The van der Waals surface area contributed by atoms with Crippen LogP contribution in [0.25, 0.3) is 0 Å². The van der Waals surface area contributed by atoms with Crippen molar-refractivity contribution >= 4 is 5.97 Å². The monoisotopic (exact) mass is 225 g/mol. The first kappa shape index (κ1) is 11.1. The van der Waals surface area contributed by atoms with E-state index in [-0.39, 0.29) is 12.5 Å². The van der Waals surface area contributed by atoms with E-state index in [1.165, 1.54) is 0 Å². The Kier molecular flexibility index (Phi) is 3.21. The number of carboxylic acids is 1. The number of aliphatic hydroxyl groups is 1. The Bertz CT molecular complexity index is 352. The Morgan fingerprint density at radius 2 is 2.31 bits per heavy atom. The van der Waals surface area contributed by atoms with Crippen molar-refractivity contribution in [1.82, 2.24) is 14.5 Å². The van der Waals surface area contributed by atoms with Crippen molar-refractivity contribution in [3.63, 3.8) is 0 Å². The zero-order valence-electron chi connectivity index (χ0n) is 8.86. The minimum absolute atomic E-state index is 0.0173. The minimum atomic E-state index is -0.805. The fourth-order valence-electron chi connectivity index (χ4n) is 2.04. The SMILES string of the molecule is O=C(O)CCN1CC(O)C(n2ccnc2)C1. The lowest BCUT2D eigenvalue weighted by atomic mass is 10.2. The molecule has 16 heavy (non-hydrogen) atoms. The Balaban J connectivity index is 1.92. The fraction of sp³-hybridized carbons (Fsp3) is 0.600. The Morgan fingerprint density at radius 1 is 1.50 bits per heavy atom. The van der Waals surface area contributed by atoms with Crippen molar-refractivity contribution in [2.45, 2.75) is 18.6 Å². The molecule has 1 fully saturated rings. The summed E-state index contributed by atoms with van der Waals surface area (Å²) < 4.78 is 1.87. The summed E-state index contributed by atoms with van der Waals surface area (Å²) in [6.07, 6.45) is 4.82. The molecule has 1 aliphatic heterocycles. The lowest BCUT2D eigenvalue weighted by Gasteiger charge is -2.15. The van der Waals surface area contributed by atoms with Gasteiger partial charge in [0, 0.05) is 32.0 Å². The minimum Gasteiger partial charge on any atom is -0.481 e. The summed E-state index contributed by atoms with van der Waals surface area (Å²) in [6.45, 7) is 1.68. The van der Waals surface area contributed by atoms with Crippen LogP contribution in [0.2, 0.25) is 0 Å². The highest BCUT2D eigenvalue weighted by Gasteiger charge is 2.32. The molecule has 1 saturated heterocycles. The summed E-state index contributed by atoms with van der Waals surface area (Å²) in [5, 5.41) is 18.4. The second-order valence-corrected chi connectivity index (χ2v) is 4.05. The van der Waals surface area contributed by atoms with E-state index in [0.29, 0.717) is 19.6 Å². The maximum absolute atomic E-state index is 10.4. The van der Waals surface area contributed by atoms with Gasteiger partial charge in [0.15, 0.2) is 0 Å². The van der Waals surface area contributed by atoms with Gasteiger partial charge >= 0.3 is 5.97 Å². The number of hydrogen-bond acceptors (Lipinski definition) is 4. The van der Waals surface area contributed by atoms with Gasteiger partial charge in [-0.25, -0.2) is 4.98 Å². The first-order chi connectivity index (χ1) is 7.66. The van der Waals surface area contributed by atoms with Crippen LogP contribution in [0.5, 0.6) is 0 Å². The molecule has 0 radical (unpaired) electrons. The van der Waals surface area contributed by atoms with Crippen LogP contribution in [-0.4, -0.2) is 56.4 Å². The third kappa shape index (κ3) is 2.40. The third-order valence-corrected chi connectivity index (χ3v) is 2.88. The van der Waals surface area contributed by atoms with Gasteiger partial charge in [0.25, 0.3) is 0 Å². The molecule has 0 saturated carbocycles. The van der Waals surface area contributed by atoms with Crippen molar-refractivity contribution in [1.29, 1.82) is 0 Å². The number of β-amino-alcohol motifs (C(OH)–C–C–N with tert-alkyl or cyclic N) is 1. The van der Waals surface area contributed by atoms with E-state index in [9.17, 15) is 9.90 Å². The van der Waals surface area contributed by atoms with Gasteiger partial charge < -0.3 is 14.8 Å². The van der Waals surface area contributed by atoms with Gasteiger partial charge in [0.1, 0.15) is 0 Å². The number of likely N-dealkylation sites (tertiary alicyclic amines) is 1. The maximum Gasteiger partial charge on any atom is 0.304 e. The number of aliphatic hydroxyl groups excluding tert-OH is 1. The predicted octanol–water partition coefficient (Wildman–Crippen LogP) is -0.425. The molecule has 1 aliphatic rings. The van der Waals surface area contributed by atoms with Crippen molar-refractivity contribution < 1.29 is 15.0 Å². The molecule has 6 nitrogen and oxygen atoms in total. The molecule has 0 aliphatic carbocycles. The molecule has 0 bridgehead atoms. The largest absolute Gasteiger partial charge is 0.481 e. The summed E-state index contributed by atoms with van der Waals surface area (Å²) >= 11 is 0. The predicted molar refractivity (Wildman–Crippen MR) is 56.0 cm³/mol. The van der Waals surface area contributed by atoms with E-state index < -0.39 is 12.1 Å². The lowest BCUT2D eigenvalue weighted by Crippen LogP contribution is -2.24. The molecular formula is C10H15N3O3. The van der Waals surface area contributed by atoms with E-state index in [1.807, 2.05) is 15.7 Å². The number of carbonyl (C=O) groups is 1. The van der Waals surface area contributed by atoms with Crippen LogP contribution in [0, 0.1) is 0 Å². The third-order valence-electron chi connectivity index (χ3n) is 2.88. The number of rotatable bonds is 4. The molecule has 2 heterocycles. The van der Waals surface area contributed by atoms with E-state index in [0.717, 1.165) is 0 Å². The molecule has 6 heteroatoms. The summed E-state index contributed by atoms with van der Waals surface area (Å²) in [5.74, 6) is -0.805. The van der Waals surface area contributed by atoms with Gasteiger partial charge in [-0.3, -0.25) is 9.69 Å². The first-order valence-corrected chi connectivity index (χ1v) is 5.26. The first-order valence-electron chi connectivity index (χ1n) is 5.26. The number of nitrogens with zero attached hydrogens (tertiary/aromatic N) is 3. The fourth-order valence-corrected chi connectivity index (χ4v) is 2.04. The van der Waals surface area contributed by atoms with E-state index in [2.05, 4.69) is 4.98 Å². The number of hydrogen-bond donors (Lipinski definition) is 2. The molecule has 0 spiro atoms.